The summed E-state index contributed by atoms with van der Waals surface area (Å²) in [6.45, 7) is 5.27. The van der Waals surface area contributed by atoms with Crippen molar-refractivity contribution in [2.45, 2.75) is 45.2 Å². The topological polar surface area (TPSA) is 49.9 Å². The third-order valence-electron chi connectivity index (χ3n) is 6.72. The fourth-order valence-electron chi connectivity index (χ4n) is 4.74. The highest BCUT2D eigenvalue weighted by Gasteiger charge is 2.38. The molecule has 3 aromatic rings. The van der Waals surface area contributed by atoms with Crippen molar-refractivity contribution in [2.75, 3.05) is 19.7 Å². The number of rotatable bonds is 7. The Morgan fingerprint density at radius 3 is 2.62 bits per heavy atom. The van der Waals surface area contributed by atoms with Crippen LogP contribution in [-0.4, -0.2) is 47.4 Å². The van der Waals surface area contributed by atoms with Gasteiger partial charge in [-0.05, 0) is 73.9 Å². The lowest BCUT2D eigenvalue weighted by Crippen LogP contribution is -2.48. The zero-order chi connectivity index (χ0) is 23.7. The van der Waals surface area contributed by atoms with E-state index < -0.39 is 0 Å². The van der Waals surface area contributed by atoms with E-state index in [0.717, 1.165) is 30.6 Å². The molecule has 1 aliphatic heterocycles. The standard InChI is InChI=1S/C28H30N2O3S/c1-19-8-11-25(20(2)16-19)33-18-24-23-13-15-34-26(23)12-14-29(24)27(31)17-30(22-9-10-22)28(32)21-6-4-3-5-7-21/h3-8,11,13,15-16,22,24H,9-10,12,14,17-18H2,1-2H3. The van der Waals surface area contributed by atoms with E-state index in [0.29, 0.717) is 18.7 Å². The van der Waals surface area contributed by atoms with Crippen LogP contribution < -0.4 is 4.74 Å². The molecule has 5 rings (SSSR count). The average Bonchev–Trinajstić information content (AvgIpc) is 3.57. The van der Waals surface area contributed by atoms with Gasteiger partial charge in [0.2, 0.25) is 5.91 Å². The maximum atomic E-state index is 13.6. The molecule has 1 unspecified atom stereocenters. The van der Waals surface area contributed by atoms with E-state index >= 15 is 0 Å². The second-order valence-electron chi connectivity index (χ2n) is 9.26. The number of hydrogen-bond donors (Lipinski definition) is 0. The van der Waals surface area contributed by atoms with Gasteiger partial charge in [0.05, 0.1) is 6.04 Å². The number of carbonyl (C=O) groups excluding carboxylic acids is 2. The van der Waals surface area contributed by atoms with Crippen LogP contribution in [0.1, 0.15) is 50.8 Å². The minimum absolute atomic E-state index is 0.0118. The minimum Gasteiger partial charge on any atom is -0.491 e. The van der Waals surface area contributed by atoms with Gasteiger partial charge in [-0.25, -0.2) is 0 Å². The Bertz CT molecular complexity index is 1190. The largest absolute Gasteiger partial charge is 0.491 e. The van der Waals surface area contributed by atoms with Gasteiger partial charge in [0.1, 0.15) is 18.9 Å². The lowest BCUT2D eigenvalue weighted by Gasteiger charge is -2.37. The summed E-state index contributed by atoms with van der Waals surface area (Å²) in [5.41, 5.74) is 4.09. The third kappa shape index (κ3) is 4.73. The van der Waals surface area contributed by atoms with E-state index in [-0.39, 0.29) is 30.4 Å². The molecule has 34 heavy (non-hydrogen) atoms. The molecule has 0 spiro atoms. The zero-order valence-corrected chi connectivity index (χ0v) is 20.5. The Labute approximate surface area is 205 Å². The number of hydrogen-bond acceptors (Lipinski definition) is 4. The van der Waals surface area contributed by atoms with E-state index in [2.05, 4.69) is 24.4 Å². The van der Waals surface area contributed by atoms with Gasteiger partial charge in [-0.2, -0.15) is 0 Å². The average molecular weight is 475 g/mol. The maximum absolute atomic E-state index is 13.6. The van der Waals surface area contributed by atoms with Gasteiger partial charge in [0.15, 0.2) is 0 Å². The normalized spacial score (nSPS) is 17.2. The Hall–Kier alpha value is -3.12. The number of fused-ring (bicyclic) bond motifs is 1. The summed E-state index contributed by atoms with van der Waals surface area (Å²) in [7, 11) is 0. The fourth-order valence-corrected chi connectivity index (χ4v) is 5.67. The Kier molecular flexibility index (Phi) is 6.42. The van der Waals surface area contributed by atoms with Crippen molar-refractivity contribution in [1.29, 1.82) is 0 Å². The van der Waals surface area contributed by atoms with Crippen LogP contribution in [0.5, 0.6) is 5.75 Å². The van der Waals surface area contributed by atoms with E-state index in [1.165, 1.54) is 16.0 Å². The smallest absolute Gasteiger partial charge is 0.254 e. The molecule has 0 N–H and O–H groups in total. The summed E-state index contributed by atoms with van der Waals surface area (Å²) in [6.07, 6.45) is 2.76. The molecule has 1 aromatic heterocycles. The molecule has 2 amide bonds. The summed E-state index contributed by atoms with van der Waals surface area (Å²) < 4.78 is 6.25. The van der Waals surface area contributed by atoms with Crippen LogP contribution in [0.2, 0.25) is 0 Å². The van der Waals surface area contributed by atoms with E-state index in [9.17, 15) is 9.59 Å². The van der Waals surface area contributed by atoms with Crippen LogP contribution in [0.15, 0.2) is 60.0 Å². The monoisotopic (exact) mass is 474 g/mol. The van der Waals surface area contributed by atoms with E-state index in [4.69, 9.17) is 4.74 Å². The molecule has 0 saturated heterocycles. The van der Waals surface area contributed by atoms with Crippen LogP contribution in [0, 0.1) is 13.8 Å². The Morgan fingerprint density at radius 1 is 1.09 bits per heavy atom. The highest BCUT2D eigenvalue weighted by Crippen LogP contribution is 2.35. The van der Waals surface area contributed by atoms with Crippen molar-refractivity contribution in [3.63, 3.8) is 0 Å². The summed E-state index contributed by atoms with van der Waals surface area (Å²) in [5.74, 6) is 0.772. The summed E-state index contributed by atoms with van der Waals surface area (Å²) in [5, 5.41) is 2.10. The van der Waals surface area contributed by atoms with Crippen LogP contribution >= 0.6 is 11.3 Å². The summed E-state index contributed by atoms with van der Waals surface area (Å²) in [6, 6.07) is 17.5. The first kappa shape index (κ1) is 22.7. The predicted octanol–water partition coefficient (Wildman–Crippen LogP) is 5.17. The lowest BCUT2D eigenvalue weighted by atomic mass is 10.00. The molecule has 2 aliphatic rings. The zero-order valence-electron chi connectivity index (χ0n) is 19.7. The van der Waals surface area contributed by atoms with Crippen LogP contribution in [0.25, 0.3) is 0 Å². The molecule has 0 bridgehead atoms. The van der Waals surface area contributed by atoms with Crippen LogP contribution in [-0.2, 0) is 11.2 Å². The number of nitrogens with zero attached hydrogens (tertiary/aromatic N) is 2. The number of amides is 2. The molecule has 176 valence electrons. The van der Waals surface area contributed by atoms with Crippen LogP contribution in [0.3, 0.4) is 0 Å². The van der Waals surface area contributed by atoms with Crippen molar-refractivity contribution in [1.82, 2.24) is 9.80 Å². The SMILES string of the molecule is Cc1ccc(OCC2c3ccsc3CCN2C(=O)CN(C(=O)c2ccccc2)C2CC2)c(C)c1. The van der Waals surface area contributed by atoms with Crippen molar-refractivity contribution < 1.29 is 14.3 Å². The molecule has 1 saturated carbocycles. The Balaban J connectivity index is 1.35. The predicted molar refractivity (Wildman–Crippen MR) is 134 cm³/mol. The molecular formula is C28H30N2O3S. The second kappa shape index (κ2) is 9.63. The molecule has 1 aliphatic carbocycles. The summed E-state index contributed by atoms with van der Waals surface area (Å²) >= 11 is 1.74. The number of ether oxygens (including phenoxy) is 1. The van der Waals surface area contributed by atoms with E-state index in [1.54, 1.807) is 16.2 Å². The maximum Gasteiger partial charge on any atom is 0.254 e. The second-order valence-corrected chi connectivity index (χ2v) is 10.3. The molecule has 1 fully saturated rings. The van der Waals surface area contributed by atoms with E-state index in [1.807, 2.05) is 54.3 Å². The number of thiophene rings is 1. The van der Waals surface area contributed by atoms with Gasteiger partial charge in [-0.15, -0.1) is 11.3 Å². The van der Waals surface area contributed by atoms with Crippen molar-refractivity contribution in [3.05, 3.63) is 87.1 Å². The third-order valence-corrected chi connectivity index (χ3v) is 7.71. The molecule has 2 heterocycles. The Morgan fingerprint density at radius 2 is 1.88 bits per heavy atom. The number of carbonyl (C=O) groups is 2. The summed E-state index contributed by atoms with van der Waals surface area (Å²) in [4.78, 5) is 31.8. The molecule has 1 atom stereocenters. The van der Waals surface area contributed by atoms with Gasteiger partial charge in [0, 0.05) is 23.0 Å². The number of benzene rings is 2. The lowest BCUT2D eigenvalue weighted by molar-refractivity contribution is -0.135. The first-order chi connectivity index (χ1) is 16.5. The van der Waals surface area contributed by atoms with Crippen molar-refractivity contribution in [2.24, 2.45) is 0 Å². The fraction of sp³-hybridized carbons (Fsp3) is 0.357. The number of aryl methyl sites for hydroxylation is 2. The minimum atomic E-state index is -0.156. The highest BCUT2D eigenvalue weighted by molar-refractivity contribution is 7.10. The molecule has 0 radical (unpaired) electrons. The van der Waals surface area contributed by atoms with Gasteiger partial charge < -0.3 is 14.5 Å². The van der Waals surface area contributed by atoms with Gasteiger partial charge in [-0.1, -0.05) is 35.9 Å². The van der Waals surface area contributed by atoms with Crippen molar-refractivity contribution in [3.8, 4) is 5.75 Å². The van der Waals surface area contributed by atoms with Gasteiger partial charge >= 0.3 is 0 Å². The molecule has 6 heteroatoms. The molecular weight excluding hydrogens is 444 g/mol. The van der Waals surface area contributed by atoms with Crippen LogP contribution in [0.4, 0.5) is 0 Å². The van der Waals surface area contributed by atoms with Crippen molar-refractivity contribution >= 4 is 23.2 Å². The molecule has 2 aromatic carbocycles. The highest BCUT2D eigenvalue weighted by atomic mass is 32.1. The quantitative estimate of drug-likeness (QED) is 0.474. The first-order valence-corrected chi connectivity index (χ1v) is 12.8. The first-order valence-electron chi connectivity index (χ1n) is 11.9. The van der Waals surface area contributed by atoms with Gasteiger partial charge in [-0.3, -0.25) is 9.59 Å². The van der Waals surface area contributed by atoms with Gasteiger partial charge in [0.25, 0.3) is 5.91 Å². The molecule has 5 nitrogen and oxygen atoms in total.